The predicted octanol–water partition coefficient (Wildman–Crippen LogP) is 2.18. The number of ketones is 1. The van der Waals surface area contributed by atoms with Crippen LogP contribution in [0.2, 0.25) is 0 Å². The van der Waals surface area contributed by atoms with E-state index in [1.807, 2.05) is 32.6 Å². The Morgan fingerprint density at radius 3 is 2.28 bits per heavy atom. The van der Waals surface area contributed by atoms with Crippen LogP contribution in [0.25, 0.3) is 0 Å². The monoisotopic (exact) mass is 406 g/mol. The summed E-state index contributed by atoms with van der Waals surface area (Å²) in [5, 5.41) is 21.8. The number of nitrogens with zero attached hydrogens (tertiary/aromatic N) is 1. The van der Waals surface area contributed by atoms with Crippen LogP contribution >= 0.6 is 0 Å². The van der Waals surface area contributed by atoms with Crippen molar-refractivity contribution < 1.29 is 24.0 Å². The summed E-state index contributed by atoms with van der Waals surface area (Å²) in [4.78, 5) is 27.6. The number of hydrogen-bond acceptors (Lipinski definition) is 5. The van der Waals surface area contributed by atoms with E-state index in [9.17, 15) is 24.0 Å². The number of halogens is 1. The van der Waals surface area contributed by atoms with Crippen LogP contribution in [0.1, 0.15) is 47.0 Å². The topological polar surface area (TPSA) is 89.9 Å². The molecule has 1 heterocycles. The molecule has 0 spiro atoms. The molecule has 0 unspecified atom stereocenters. The maximum atomic E-state index is 13.2. The van der Waals surface area contributed by atoms with E-state index in [0.717, 1.165) is 5.69 Å². The molecule has 6 nitrogen and oxygen atoms in total. The molecule has 2 rings (SSSR count). The first-order valence-electron chi connectivity index (χ1n) is 10.3. The lowest BCUT2D eigenvalue weighted by molar-refractivity contribution is -0.132. The fraction of sp³-hybridized carbons (Fsp3) is 0.619. The van der Waals surface area contributed by atoms with Gasteiger partial charge in [0.15, 0.2) is 5.78 Å². The molecule has 0 saturated carbocycles. The average Bonchev–Trinajstić information content (AvgIpc) is 2.59. The number of Topliss-reactive ketones (excluding diaryl/α,β-unsaturated/α-hetero) is 1. The zero-order chi connectivity index (χ0) is 21.7. The molecule has 0 aromatic heterocycles. The van der Waals surface area contributed by atoms with Gasteiger partial charge in [-0.25, -0.2) is 4.39 Å². The molecule has 1 aliphatic rings. The van der Waals surface area contributed by atoms with Crippen molar-refractivity contribution in [1.29, 1.82) is 0 Å². The van der Waals surface area contributed by atoms with Gasteiger partial charge < -0.3 is 20.3 Å². The number of hydrogen-bond donors (Lipinski definition) is 3. The number of carbonyl (C=O) groups excluding carboxylic acids is 2. The zero-order valence-corrected chi connectivity index (χ0v) is 17.6. The maximum Gasteiger partial charge on any atom is 0.475 e. The summed E-state index contributed by atoms with van der Waals surface area (Å²) in [7, 11) is -1.65. The number of rotatable bonds is 10. The van der Waals surface area contributed by atoms with Gasteiger partial charge in [0.05, 0.1) is 12.0 Å². The third-order valence-corrected chi connectivity index (χ3v) is 5.53. The third-order valence-electron chi connectivity index (χ3n) is 5.53. The molecule has 29 heavy (non-hydrogen) atoms. The van der Waals surface area contributed by atoms with Gasteiger partial charge >= 0.3 is 7.12 Å². The van der Waals surface area contributed by atoms with Crippen molar-refractivity contribution in [3.63, 3.8) is 0 Å². The number of amides is 1. The van der Waals surface area contributed by atoms with E-state index in [2.05, 4.69) is 5.32 Å². The molecule has 1 aromatic rings. The Labute approximate surface area is 172 Å². The van der Waals surface area contributed by atoms with Crippen molar-refractivity contribution in [3.8, 4) is 0 Å². The molecule has 160 valence electrons. The van der Waals surface area contributed by atoms with Crippen molar-refractivity contribution >= 4 is 24.5 Å². The van der Waals surface area contributed by atoms with Crippen LogP contribution in [0.3, 0.4) is 0 Å². The highest BCUT2D eigenvalue weighted by molar-refractivity contribution is 6.43. The van der Waals surface area contributed by atoms with Gasteiger partial charge in [-0.05, 0) is 48.9 Å². The van der Waals surface area contributed by atoms with Crippen LogP contribution < -0.4 is 10.2 Å². The molecule has 1 amide bonds. The van der Waals surface area contributed by atoms with Crippen LogP contribution in [0.15, 0.2) is 24.3 Å². The molecule has 0 radical (unpaired) electrons. The van der Waals surface area contributed by atoms with Gasteiger partial charge in [0.2, 0.25) is 5.91 Å². The summed E-state index contributed by atoms with van der Waals surface area (Å²) in [5.41, 5.74) is 0.793. The fourth-order valence-electron chi connectivity index (χ4n) is 3.70. The number of anilines is 1. The highest BCUT2D eigenvalue weighted by atomic mass is 19.1. The Bertz CT molecular complexity index is 696. The van der Waals surface area contributed by atoms with Crippen LogP contribution in [-0.4, -0.2) is 47.4 Å². The van der Waals surface area contributed by atoms with Gasteiger partial charge in [0.1, 0.15) is 5.82 Å². The highest BCUT2D eigenvalue weighted by Gasteiger charge is 2.38. The fourth-order valence-corrected chi connectivity index (χ4v) is 3.70. The number of carbonyl (C=O) groups is 2. The van der Waals surface area contributed by atoms with Crippen LogP contribution in [-0.2, 0) is 9.59 Å². The zero-order valence-electron chi connectivity index (χ0n) is 17.6. The Morgan fingerprint density at radius 2 is 1.83 bits per heavy atom. The molecule has 3 atom stereocenters. The lowest BCUT2D eigenvalue weighted by atomic mass is 9.74. The van der Waals surface area contributed by atoms with E-state index < -0.39 is 19.0 Å². The molecule has 8 heteroatoms. The first kappa shape index (κ1) is 23.4. The summed E-state index contributed by atoms with van der Waals surface area (Å²) in [6.07, 6.45) is 1.22. The van der Waals surface area contributed by atoms with Crippen molar-refractivity contribution in [3.05, 3.63) is 30.1 Å². The summed E-state index contributed by atoms with van der Waals surface area (Å²) in [6.45, 7) is 8.34. The standard InChI is InChI=1S/C21H32BFN2O4/c1-13(2)11-20(22(28)29)24-21(27)17(14(3)4)12-19(26)18-9-10-25(18)16-7-5-15(23)6-8-16/h5-8,13-14,17-18,20,28-29H,9-12H2,1-4H3,(H,24,27)/t17-,18-,20-/m0/s1. The van der Waals surface area contributed by atoms with Gasteiger partial charge in [0, 0.05) is 24.6 Å². The second kappa shape index (κ2) is 10.2. The Morgan fingerprint density at radius 1 is 1.21 bits per heavy atom. The Balaban J connectivity index is 2.02. The lowest BCUT2D eigenvalue weighted by Crippen LogP contribution is -2.54. The molecule has 0 bridgehead atoms. The van der Waals surface area contributed by atoms with Crippen LogP contribution in [0.5, 0.6) is 0 Å². The van der Waals surface area contributed by atoms with E-state index in [1.165, 1.54) is 12.1 Å². The minimum atomic E-state index is -1.65. The summed E-state index contributed by atoms with van der Waals surface area (Å²) >= 11 is 0. The van der Waals surface area contributed by atoms with Gasteiger partial charge in [-0.15, -0.1) is 0 Å². The van der Waals surface area contributed by atoms with Gasteiger partial charge in [-0.3, -0.25) is 9.59 Å². The third kappa shape index (κ3) is 6.28. The van der Waals surface area contributed by atoms with E-state index in [1.54, 1.807) is 12.1 Å². The van der Waals surface area contributed by atoms with Crippen LogP contribution in [0.4, 0.5) is 10.1 Å². The first-order chi connectivity index (χ1) is 13.6. The molecule has 1 aromatic carbocycles. The second-order valence-corrected chi connectivity index (χ2v) is 8.65. The molecule has 1 fully saturated rings. The largest absolute Gasteiger partial charge is 0.475 e. The van der Waals surface area contributed by atoms with E-state index >= 15 is 0 Å². The Hall–Kier alpha value is -1.93. The maximum absolute atomic E-state index is 13.2. The van der Waals surface area contributed by atoms with Gasteiger partial charge in [-0.2, -0.15) is 0 Å². The van der Waals surface area contributed by atoms with E-state index in [4.69, 9.17) is 0 Å². The minimum absolute atomic E-state index is 0.0284. The molecule has 1 aliphatic heterocycles. The lowest BCUT2D eigenvalue weighted by Gasteiger charge is -2.42. The van der Waals surface area contributed by atoms with Crippen molar-refractivity contribution in [2.75, 3.05) is 11.4 Å². The highest BCUT2D eigenvalue weighted by Crippen LogP contribution is 2.29. The van der Waals surface area contributed by atoms with Crippen LogP contribution in [0, 0.1) is 23.6 Å². The second-order valence-electron chi connectivity index (χ2n) is 8.65. The minimum Gasteiger partial charge on any atom is -0.426 e. The predicted molar refractivity (Wildman–Crippen MR) is 112 cm³/mol. The normalized spacial score (nSPS) is 18.4. The molecule has 0 aliphatic carbocycles. The summed E-state index contributed by atoms with van der Waals surface area (Å²) < 4.78 is 13.2. The summed E-state index contributed by atoms with van der Waals surface area (Å²) in [5.74, 6) is -1.89. The Kier molecular flexibility index (Phi) is 8.22. The van der Waals surface area contributed by atoms with Gasteiger partial charge in [0.25, 0.3) is 0 Å². The molecule has 1 saturated heterocycles. The van der Waals surface area contributed by atoms with Crippen molar-refractivity contribution in [1.82, 2.24) is 5.32 Å². The summed E-state index contributed by atoms with van der Waals surface area (Å²) in [6, 6.07) is 5.73. The molecular weight excluding hydrogens is 374 g/mol. The molecule has 3 N–H and O–H groups in total. The van der Waals surface area contributed by atoms with Crippen molar-refractivity contribution in [2.24, 2.45) is 17.8 Å². The van der Waals surface area contributed by atoms with E-state index in [-0.39, 0.29) is 41.8 Å². The number of benzene rings is 1. The smallest absolute Gasteiger partial charge is 0.426 e. The van der Waals surface area contributed by atoms with Gasteiger partial charge in [-0.1, -0.05) is 27.7 Å². The quantitative estimate of drug-likeness (QED) is 0.519. The van der Waals surface area contributed by atoms with E-state index in [0.29, 0.717) is 19.4 Å². The molecular formula is C21H32BFN2O4. The average molecular weight is 406 g/mol. The SMILES string of the molecule is CC(C)C[C@H](NC(=O)[C@@H](CC(=O)[C@@H]1CCN1c1ccc(F)cc1)C(C)C)B(O)O. The number of nitrogens with one attached hydrogen (secondary N) is 1. The first-order valence-corrected chi connectivity index (χ1v) is 10.3. The van der Waals surface area contributed by atoms with Crippen molar-refractivity contribution in [2.45, 2.75) is 58.9 Å².